The Labute approximate surface area is 105 Å². The molecular formula is C16H13FO. The predicted molar refractivity (Wildman–Crippen MR) is 68.2 cm³/mol. The first-order valence-corrected chi connectivity index (χ1v) is 6.14. The fourth-order valence-electron chi connectivity index (χ4n) is 2.70. The molecule has 0 aliphatic heterocycles. The molecule has 2 aromatic rings. The minimum atomic E-state index is -0.188. The van der Waals surface area contributed by atoms with Crippen molar-refractivity contribution in [3.05, 3.63) is 71.0 Å². The number of carbonyl (C=O) groups excluding carboxylic acids is 1. The molecule has 0 fully saturated rings. The second-order valence-corrected chi connectivity index (χ2v) is 4.62. The van der Waals surface area contributed by atoms with Crippen molar-refractivity contribution < 1.29 is 9.18 Å². The van der Waals surface area contributed by atoms with E-state index in [0.717, 1.165) is 11.1 Å². The van der Waals surface area contributed by atoms with E-state index in [9.17, 15) is 9.18 Å². The predicted octanol–water partition coefficient (Wildman–Crippen LogP) is 3.93. The number of carbonyl (C=O) groups is 1. The summed E-state index contributed by atoms with van der Waals surface area (Å²) in [7, 11) is 0. The van der Waals surface area contributed by atoms with E-state index in [4.69, 9.17) is 0 Å². The van der Waals surface area contributed by atoms with E-state index in [-0.39, 0.29) is 17.5 Å². The zero-order chi connectivity index (χ0) is 12.5. The van der Waals surface area contributed by atoms with Crippen LogP contribution in [0.3, 0.4) is 0 Å². The fourth-order valence-corrected chi connectivity index (χ4v) is 2.70. The van der Waals surface area contributed by atoms with Crippen molar-refractivity contribution in [1.82, 2.24) is 0 Å². The van der Waals surface area contributed by atoms with Gasteiger partial charge in [-0.1, -0.05) is 42.5 Å². The third-order valence-electron chi connectivity index (χ3n) is 3.58. The Kier molecular flexibility index (Phi) is 2.71. The van der Waals surface area contributed by atoms with E-state index in [1.807, 2.05) is 36.4 Å². The molecule has 1 unspecified atom stereocenters. The monoisotopic (exact) mass is 240 g/mol. The zero-order valence-corrected chi connectivity index (χ0v) is 9.90. The molecule has 0 saturated carbocycles. The lowest BCUT2D eigenvalue weighted by atomic mass is 9.78. The highest BCUT2D eigenvalue weighted by atomic mass is 19.1. The lowest BCUT2D eigenvalue weighted by molar-refractivity contribution is 0.0969. The summed E-state index contributed by atoms with van der Waals surface area (Å²) in [6.45, 7) is 0. The van der Waals surface area contributed by atoms with E-state index in [1.165, 1.54) is 6.07 Å². The maximum absolute atomic E-state index is 13.9. The SMILES string of the molecule is O=C1CCC(c2ccccc2F)c2ccccc21. The van der Waals surface area contributed by atoms with Crippen LogP contribution in [0.2, 0.25) is 0 Å². The van der Waals surface area contributed by atoms with Crippen molar-refractivity contribution in [3.8, 4) is 0 Å². The molecule has 0 saturated heterocycles. The molecule has 1 aliphatic carbocycles. The first-order chi connectivity index (χ1) is 8.77. The lowest BCUT2D eigenvalue weighted by Gasteiger charge is -2.25. The Morgan fingerprint density at radius 2 is 1.61 bits per heavy atom. The minimum Gasteiger partial charge on any atom is -0.294 e. The van der Waals surface area contributed by atoms with Gasteiger partial charge in [0.15, 0.2) is 5.78 Å². The molecule has 1 aliphatic rings. The van der Waals surface area contributed by atoms with Crippen LogP contribution in [0.25, 0.3) is 0 Å². The van der Waals surface area contributed by atoms with Crippen LogP contribution in [-0.2, 0) is 0 Å². The summed E-state index contributed by atoms with van der Waals surface area (Å²) in [6.07, 6.45) is 1.19. The van der Waals surface area contributed by atoms with E-state index in [2.05, 4.69) is 0 Å². The van der Waals surface area contributed by atoms with E-state index >= 15 is 0 Å². The Balaban J connectivity index is 2.13. The third-order valence-corrected chi connectivity index (χ3v) is 3.58. The van der Waals surface area contributed by atoms with Gasteiger partial charge in [0.2, 0.25) is 0 Å². The van der Waals surface area contributed by atoms with Gasteiger partial charge in [-0.05, 0) is 23.6 Å². The first kappa shape index (κ1) is 11.1. The highest BCUT2D eigenvalue weighted by Crippen LogP contribution is 2.37. The van der Waals surface area contributed by atoms with Crippen LogP contribution >= 0.6 is 0 Å². The quantitative estimate of drug-likeness (QED) is 0.738. The molecule has 0 N–H and O–H groups in total. The largest absolute Gasteiger partial charge is 0.294 e. The molecule has 2 heteroatoms. The van der Waals surface area contributed by atoms with Gasteiger partial charge >= 0.3 is 0 Å². The highest BCUT2D eigenvalue weighted by Gasteiger charge is 2.27. The molecule has 0 aromatic heterocycles. The topological polar surface area (TPSA) is 17.1 Å². The van der Waals surface area contributed by atoms with E-state index in [0.29, 0.717) is 18.4 Å². The first-order valence-electron chi connectivity index (χ1n) is 6.14. The Morgan fingerprint density at radius 3 is 2.39 bits per heavy atom. The van der Waals surface area contributed by atoms with Crippen LogP contribution < -0.4 is 0 Å². The number of Topliss-reactive ketones (excluding diaryl/α,β-unsaturated/α-hetero) is 1. The average molecular weight is 240 g/mol. The highest BCUT2D eigenvalue weighted by molar-refractivity contribution is 5.99. The molecule has 2 aromatic carbocycles. The Morgan fingerprint density at radius 1 is 0.944 bits per heavy atom. The van der Waals surface area contributed by atoms with E-state index < -0.39 is 0 Å². The third kappa shape index (κ3) is 1.74. The maximum Gasteiger partial charge on any atom is 0.163 e. The molecule has 3 rings (SSSR count). The number of hydrogen-bond donors (Lipinski definition) is 0. The van der Waals surface area contributed by atoms with Gasteiger partial charge in [0.25, 0.3) is 0 Å². The molecule has 1 nitrogen and oxygen atoms in total. The number of halogens is 1. The molecule has 18 heavy (non-hydrogen) atoms. The Hall–Kier alpha value is -1.96. The molecule has 1 atom stereocenters. The Bertz CT molecular complexity index is 604. The van der Waals surface area contributed by atoms with Gasteiger partial charge in [0.05, 0.1) is 0 Å². The summed E-state index contributed by atoms with van der Waals surface area (Å²) in [4.78, 5) is 11.9. The molecular weight excluding hydrogens is 227 g/mol. The summed E-state index contributed by atoms with van der Waals surface area (Å²) in [5.74, 6) is -0.0232. The summed E-state index contributed by atoms with van der Waals surface area (Å²) < 4.78 is 13.9. The van der Waals surface area contributed by atoms with Crippen LogP contribution in [0.1, 0.15) is 40.2 Å². The van der Waals surface area contributed by atoms with Gasteiger partial charge in [-0.2, -0.15) is 0 Å². The van der Waals surface area contributed by atoms with Gasteiger partial charge in [-0.15, -0.1) is 0 Å². The van der Waals surface area contributed by atoms with Gasteiger partial charge in [0, 0.05) is 17.9 Å². The van der Waals surface area contributed by atoms with Gasteiger partial charge < -0.3 is 0 Å². The van der Waals surface area contributed by atoms with Gasteiger partial charge in [-0.25, -0.2) is 4.39 Å². The van der Waals surface area contributed by atoms with Crippen LogP contribution in [0.5, 0.6) is 0 Å². The number of rotatable bonds is 1. The molecule has 0 amide bonds. The van der Waals surface area contributed by atoms with Gasteiger partial charge in [-0.3, -0.25) is 4.79 Å². The minimum absolute atomic E-state index is 0.0000926. The second-order valence-electron chi connectivity index (χ2n) is 4.62. The van der Waals surface area contributed by atoms with Crippen LogP contribution in [0.4, 0.5) is 4.39 Å². The fraction of sp³-hybridized carbons (Fsp3) is 0.188. The van der Waals surface area contributed by atoms with Crippen LogP contribution in [0, 0.1) is 5.82 Å². The molecule has 0 radical (unpaired) electrons. The maximum atomic E-state index is 13.9. The summed E-state index contributed by atoms with van der Waals surface area (Å²) in [5, 5.41) is 0. The normalized spacial score (nSPS) is 18.5. The lowest BCUT2D eigenvalue weighted by Crippen LogP contribution is -2.17. The smallest absolute Gasteiger partial charge is 0.163 e. The number of ketones is 1. The molecule has 90 valence electrons. The van der Waals surface area contributed by atoms with Crippen molar-refractivity contribution >= 4 is 5.78 Å². The molecule has 0 spiro atoms. The van der Waals surface area contributed by atoms with Crippen LogP contribution in [0.15, 0.2) is 48.5 Å². The number of hydrogen-bond acceptors (Lipinski definition) is 1. The summed E-state index contributed by atoms with van der Waals surface area (Å²) in [5.41, 5.74) is 2.40. The van der Waals surface area contributed by atoms with Crippen molar-refractivity contribution in [2.24, 2.45) is 0 Å². The average Bonchev–Trinajstić information content (AvgIpc) is 2.41. The van der Waals surface area contributed by atoms with Gasteiger partial charge in [0.1, 0.15) is 5.82 Å². The second kappa shape index (κ2) is 4.37. The van der Waals surface area contributed by atoms with Crippen molar-refractivity contribution in [1.29, 1.82) is 0 Å². The molecule has 0 bridgehead atoms. The summed E-state index contributed by atoms with van der Waals surface area (Å²) >= 11 is 0. The number of benzene rings is 2. The van der Waals surface area contributed by atoms with Crippen molar-refractivity contribution in [2.75, 3.05) is 0 Å². The van der Waals surface area contributed by atoms with Crippen molar-refractivity contribution in [2.45, 2.75) is 18.8 Å². The van der Waals surface area contributed by atoms with E-state index in [1.54, 1.807) is 6.07 Å². The standard InChI is InChI=1S/C16H13FO/c17-15-8-4-3-6-13(15)12-9-10-16(18)14-7-2-1-5-11(12)14/h1-8,12H,9-10H2. The summed E-state index contributed by atoms with van der Waals surface area (Å²) in [6, 6.07) is 14.4. The molecule has 0 heterocycles. The van der Waals surface area contributed by atoms with Crippen LogP contribution in [-0.4, -0.2) is 5.78 Å². The number of fused-ring (bicyclic) bond motifs is 1. The zero-order valence-electron chi connectivity index (χ0n) is 9.90. The van der Waals surface area contributed by atoms with Crippen molar-refractivity contribution in [3.63, 3.8) is 0 Å².